The molecule has 0 saturated heterocycles. The van der Waals surface area contributed by atoms with Gasteiger partial charge in [-0.15, -0.1) is 0 Å². The first-order valence-electron chi connectivity index (χ1n) is 21.6. The molecule has 1 aliphatic heterocycles. The van der Waals surface area contributed by atoms with Gasteiger partial charge in [-0.3, -0.25) is 4.57 Å². The summed E-state index contributed by atoms with van der Waals surface area (Å²) >= 11 is 0. The number of aromatic nitrogens is 2. The normalized spacial score (nSPS) is 12.6. The molecular formula is C58H46N4O. The maximum Gasteiger partial charge on any atom is 0.137 e. The van der Waals surface area contributed by atoms with Crippen LogP contribution in [0.15, 0.2) is 212 Å². The molecule has 0 aliphatic carbocycles. The number of anilines is 4. The van der Waals surface area contributed by atoms with Crippen LogP contribution in [0, 0.1) is 0 Å². The molecule has 0 bridgehead atoms. The summed E-state index contributed by atoms with van der Waals surface area (Å²) in [5.41, 5.74) is 14.9. The highest BCUT2D eigenvalue weighted by Crippen LogP contribution is 2.50. The quantitative estimate of drug-likeness (QED) is 0.153. The minimum Gasteiger partial charge on any atom is -0.457 e. The van der Waals surface area contributed by atoms with Crippen LogP contribution < -0.4 is 14.5 Å². The van der Waals surface area contributed by atoms with Crippen molar-refractivity contribution in [2.24, 2.45) is 0 Å². The molecule has 2 aromatic heterocycles. The Bertz CT molecular complexity index is 3220. The predicted octanol–water partition coefficient (Wildman–Crippen LogP) is 15.5. The van der Waals surface area contributed by atoms with Crippen molar-refractivity contribution in [2.75, 3.05) is 16.5 Å². The second kappa shape index (κ2) is 15.5. The molecule has 0 amide bonds. The maximum absolute atomic E-state index is 6.81. The summed E-state index contributed by atoms with van der Waals surface area (Å²) < 4.78 is 9.09. The van der Waals surface area contributed by atoms with Crippen molar-refractivity contribution >= 4 is 44.6 Å². The van der Waals surface area contributed by atoms with Crippen molar-refractivity contribution in [1.29, 1.82) is 0 Å². The van der Waals surface area contributed by atoms with Crippen molar-refractivity contribution in [1.82, 2.24) is 9.55 Å². The van der Waals surface area contributed by atoms with Gasteiger partial charge in [-0.2, -0.15) is 0 Å². The number of hydrogen-bond acceptors (Lipinski definition) is 4. The van der Waals surface area contributed by atoms with E-state index < -0.39 is 0 Å². The van der Waals surface area contributed by atoms with Crippen LogP contribution in [0.4, 0.5) is 22.7 Å². The molecule has 8 aromatic carbocycles. The highest BCUT2D eigenvalue weighted by Gasteiger charge is 2.31. The fraction of sp³-hybridized carbons (Fsp3) is 0.0862. The van der Waals surface area contributed by atoms with E-state index in [1.807, 2.05) is 12.3 Å². The first-order chi connectivity index (χ1) is 30.9. The number of nitrogens with zero attached hydrogens (tertiary/aromatic N) is 4. The van der Waals surface area contributed by atoms with Crippen molar-refractivity contribution < 1.29 is 4.74 Å². The van der Waals surface area contributed by atoms with Crippen molar-refractivity contribution in [2.45, 2.75) is 26.2 Å². The number of fused-ring (bicyclic) bond motifs is 4. The zero-order valence-electron chi connectivity index (χ0n) is 35.6. The van der Waals surface area contributed by atoms with Crippen molar-refractivity contribution in [3.05, 3.63) is 218 Å². The lowest BCUT2D eigenvalue weighted by Crippen LogP contribution is -2.24. The molecule has 304 valence electrons. The first-order valence-corrected chi connectivity index (χ1v) is 21.6. The van der Waals surface area contributed by atoms with Gasteiger partial charge in [-0.25, -0.2) is 4.98 Å². The smallest absolute Gasteiger partial charge is 0.137 e. The van der Waals surface area contributed by atoms with E-state index >= 15 is 0 Å². The monoisotopic (exact) mass is 814 g/mol. The fourth-order valence-corrected chi connectivity index (χ4v) is 9.31. The number of rotatable bonds is 8. The van der Waals surface area contributed by atoms with E-state index in [1.165, 1.54) is 44.5 Å². The van der Waals surface area contributed by atoms with E-state index in [4.69, 9.17) is 9.72 Å². The number of ether oxygens (including phenoxy) is 1. The molecule has 10 aromatic rings. The number of para-hydroxylation sites is 4. The Balaban J connectivity index is 0.972. The molecule has 0 atom stereocenters. The first kappa shape index (κ1) is 38.1. The standard InChI is InChI=1S/C58H46N4O/c1-58(2,3)51-37-56(59-38-50(51)42-23-11-6-12-24-42)62-52-30-14-13-27-48(52)49-34-33-45(36-55(49)62)63-44-26-17-25-43(35-44)60-39-61(54-32-16-15-31-53(54)60)57-46(40-19-7-4-8-20-40)28-18-29-47(57)41-21-9-5-10-22-41/h4-38H,39H2,1-3H3. The molecule has 3 heterocycles. The summed E-state index contributed by atoms with van der Waals surface area (Å²) in [7, 11) is 0. The van der Waals surface area contributed by atoms with Gasteiger partial charge in [-0.05, 0) is 76.2 Å². The van der Waals surface area contributed by atoms with Gasteiger partial charge in [0.05, 0.1) is 28.1 Å². The van der Waals surface area contributed by atoms with Gasteiger partial charge in [-0.1, -0.05) is 166 Å². The minimum atomic E-state index is -0.108. The summed E-state index contributed by atoms with van der Waals surface area (Å²) in [6, 6.07) is 73.1. The van der Waals surface area contributed by atoms with Crippen LogP contribution in [0.25, 0.3) is 61.0 Å². The highest BCUT2D eigenvalue weighted by molar-refractivity contribution is 6.09. The summed E-state index contributed by atoms with van der Waals surface area (Å²) in [5, 5.41) is 2.33. The van der Waals surface area contributed by atoms with Crippen molar-refractivity contribution in [3.63, 3.8) is 0 Å². The van der Waals surface area contributed by atoms with E-state index in [1.54, 1.807) is 0 Å². The summed E-state index contributed by atoms with van der Waals surface area (Å²) in [6.07, 6.45) is 2.04. The van der Waals surface area contributed by atoms with Gasteiger partial charge in [0.1, 0.15) is 24.0 Å². The molecule has 0 N–H and O–H groups in total. The van der Waals surface area contributed by atoms with Gasteiger partial charge in [0.2, 0.25) is 0 Å². The molecule has 0 spiro atoms. The molecule has 0 fully saturated rings. The number of hydrogen-bond donors (Lipinski definition) is 0. The molecule has 0 radical (unpaired) electrons. The van der Waals surface area contributed by atoms with Gasteiger partial charge < -0.3 is 14.5 Å². The fourth-order valence-electron chi connectivity index (χ4n) is 9.31. The van der Waals surface area contributed by atoms with E-state index in [0.717, 1.165) is 56.4 Å². The largest absolute Gasteiger partial charge is 0.457 e. The third-order valence-corrected chi connectivity index (χ3v) is 12.2. The van der Waals surface area contributed by atoms with Crippen LogP contribution in [0.1, 0.15) is 26.3 Å². The van der Waals surface area contributed by atoms with Crippen molar-refractivity contribution in [3.8, 4) is 50.7 Å². The van der Waals surface area contributed by atoms with E-state index in [2.05, 4.69) is 235 Å². The second-order valence-corrected chi connectivity index (χ2v) is 17.3. The minimum absolute atomic E-state index is 0.108. The molecule has 1 aliphatic rings. The predicted molar refractivity (Wildman–Crippen MR) is 262 cm³/mol. The Morgan fingerprint density at radius 2 is 1.02 bits per heavy atom. The van der Waals surface area contributed by atoms with E-state index in [-0.39, 0.29) is 5.41 Å². The van der Waals surface area contributed by atoms with Crippen LogP contribution in [0.3, 0.4) is 0 Å². The second-order valence-electron chi connectivity index (χ2n) is 17.3. The van der Waals surface area contributed by atoms with Gasteiger partial charge in [0, 0.05) is 51.5 Å². The Morgan fingerprint density at radius 3 is 1.68 bits per heavy atom. The average molecular weight is 815 g/mol. The number of pyridine rings is 1. The van der Waals surface area contributed by atoms with E-state index in [9.17, 15) is 0 Å². The highest BCUT2D eigenvalue weighted by atomic mass is 16.5. The Hall–Kier alpha value is -7.89. The van der Waals surface area contributed by atoms with Crippen LogP contribution in [0.5, 0.6) is 11.5 Å². The summed E-state index contributed by atoms with van der Waals surface area (Å²) in [4.78, 5) is 10.00. The van der Waals surface area contributed by atoms with Gasteiger partial charge in [0.15, 0.2) is 0 Å². The molecule has 11 rings (SSSR count). The Morgan fingerprint density at radius 1 is 0.460 bits per heavy atom. The third-order valence-electron chi connectivity index (χ3n) is 12.2. The SMILES string of the molecule is CC(C)(C)c1cc(-n2c3ccccc3c3ccc(Oc4cccc(N5CN(c6c(-c7ccccc7)cccc6-c6ccccc6)c6ccccc65)c4)cc32)ncc1-c1ccccc1. The van der Waals surface area contributed by atoms with Crippen LogP contribution in [-0.2, 0) is 5.41 Å². The Labute approximate surface area is 368 Å². The Kier molecular flexibility index (Phi) is 9.39. The molecule has 5 heteroatoms. The zero-order valence-corrected chi connectivity index (χ0v) is 35.6. The molecule has 0 saturated carbocycles. The topological polar surface area (TPSA) is 33.5 Å². The van der Waals surface area contributed by atoms with Crippen LogP contribution >= 0.6 is 0 Å². The van der Waals surface area contributed by atoms with Crippen LogP contribution in [0.2, 0.25) is 0 Å². The van der Waals surface area contributed by atoms with Crippen LogP contribution in [-0.4, -0.2) is 16.2 Å². The van der Waals surface area contributed by atoms with Gasteiger partial charge >= 0.3 is 0 Å². The zero-order chi connectivity index (χ0) is 42.5. The average Bonchev–Trinajstić information content (AvgIpc) is 3.88. The van der Waals surface area contributed by atoms with Gasteiger partial charge in [0.25, 0.3) is 0 Å². The molecule has 0 unspecified atom stereocenters. The molecular weight excluding hydrogens is 769 g/mol. The molecule has 5 nitrogen and oxygen atoms in total. The molecule has 63 heavy (non-hydrogen) atoms. The maximum atomic E-state index is 6.81. The lowest BCUT2D eigenvalue weighted by Gasteiger charge is -2.27. The summed E-state index contributed by atoms with van der Waals surface area (Å²) in [6.45, 7) is 7.45. The number of benzene rings is 8. The summed E-state index contributed by atoms with van der Waals surface area (Å²) in [5.74, 6) is 2.40. The lowest BCUT2D eigenvalue weighted by atomic mass is 9.82. The third kappa shape index (κ3) is 6.88. The van der Waals surface area contributed by atoms with E-state index in [0.29, 0.717) is 6.67 Å². The lowest BCUT2D eigenvalue weighted by molar-refractivity contribution is 0.483.